The normalized spacial score (nSPS) is 24.5. The van der Waals surface area contributed by atoms with E-state index in [2.05, 4.69) is 58.6 Å². The number of aliphatic imine (C=N–C) groups is 1. The van der Waals surface area contributed by atoms with Crippen LogP contribution in [0.15, 0.2) is 29.3 Å². The summed E-state index contributed by atoms with van der Waals surface area (Å²) in [6.45, 7) is 8.10. The minimum absolute atomic E-state index is 0. The van der Waals surface area contributed by atoms with Gasteiger partial charge in [0.25, 0.3) is 0 Å². The van der Waals surface area contributed by atoms with E-state index in [0.717, 1.165) is 32.1 Å². The van der Waals surface area contributed by atoms with E-state index < -0.39 is 0 Å². The zero-order chi connectivity index (χ0) is 19.1. The number of ether oxygens (including phenoxy) is 1. The third-order valence-corrected chi connectivity index (χ3v) is 5.62. The van der Waals surface area contributed by atoms with Crippen LogP contribution in [0, 0.1) is 0 Å². The molecule has 2 fully saturated rings. The zero-order valence-corrected chi connectivity index (χ0v) is 19.9. The molecule has 1 aromatic carbocycles. The first kappa shape index (κ1) is 23.4. The van der Waals surface area contributed by atoms with Crippen molar-refractivity contribution in [3.05, 3.63) is 35.4 Å². The Labute approximate surface area is 187 Å². The van der Waals surface area contributed by atoms with Crippen LogP contribution >= 0.6 is 24.0 Å². The van der Waals surface area contributed by atoms with Gasteiger partial charge in [0.2, 0.25) is 0 Å². The lowest BCUT2D eigenvalue weighted by atomic mass is 9.96. The molecule has 2 atom stereocenters. The molecule has 0 aromatic heterocycles. The quantitative estimate of drug-likeness (QED) is 0.366. The summed E-state index contributed by atoms with van der Waals surface area (Å²) >= 11 is 0. The summed E-state index contributed by atoms with van der Waals surface area (Å²) in [6, 6.07) is 9.31. The monoisotopic (exact) mass is 500 g/mol. The molecule has 1 aliphatic heterocycles. The molecule has 1 saturated carbocycles. The molecule has 0 radical (unpaired) electrons. The predicted molar refractivity (Wildman–Crippen MR) is 127 cm³/mol. The molecule has 0 amide bonds. The molecule has 1 aliphatic carbocycles. The van der Waals surface area contributed by atoms with Gasteiger partial charge in [-0.3, -0.25) is 9.89 Å². The first-order valence-electron chi connectivity index (χ1n) is 10.6. The molecule has 28 heavy (non-hydrogen) atoms. The van der Waals surface area contributed by atoms with Gasteiger partial charge in [-0.2, -0.15) is 0 Å². The summed E-state index contributed by atoms with van der Waals surface area (Å²) in [5.74, 6) is 0.922. The largest absolute Gasteiger partial charge is 0.373 e. The van der Waals surface area contributed by atoms with Gasteiger partial charge >= 0.3 is 0 Å². The predicted octanol–water partition coefficient (Wildman–Crippen LogP) is 3.91. The van der Waals surface area contributed by atoms with Crippen LogP contribution in [0.2, 0.25) is 0 Å². The van der Waals surface area contributed by atoms with E-state index in [1.165, 1.54) is 43.2 Å². The molecule has 1 saturated heterocycles. The van der Waals surface area contributed by atoms with Gasteiger partial charge in [-0.15, -0.1) is 24.0 Å². The van der Waals surface area contributed by atoms with Crippen LogP contribution in [0.5, 0.6) is 0 Å². The van der Waals surface area contributed by atoms with Crippen molar-refractivity contribution < 1.29 is 4.74 Å². The highest BCUT2D eigenvalue weighted by Crippen LogP contribution is 2.18. The van der Waals surface area contributed by atoms with Gasteiger partial charge in [0.1, 0.15) is 0 Å². The minimum Gasteiger partial charge on any atom is -0.373 e. The maximum atomic E-state index is 5.87. The van der Waals surface area contributed by atoms with Gasteiger partial charge in [-0.25, -0.2) is 0 Å². The second-order valence-electron chi connectivity index (χ2n) is 8.13. The van der Waals surface area contributed by atoms with Crippen molar-refractivity contribution in [2.75, 3.05) is 20.1 Å². The lowest BCUT2D eigenvalue weighted by Crippen LogP contribution is -2.45. The number of guanidine groups is 1. The fourth-order valence-corrected chi connectivity index (χ4v) is 4.35. The molecule has 3 rings (SSSR count). The van der Waals surface area contributed by atoms with Crippen molar-refractivity contribution in [1.29, 1.82) is 0 Å². The Morgan fingerprint density at radius 3 is 2.36 bits per heavy atom. The summed E-state index contributed by atoms with van der Waals surface area (Å²) in [4.78, 5) is 6.94. The highest BCUT2D eigenvalue weighted by Gasteiger charge is 2.22. The fourth-order valence-electron chi connectivity index (χ4n) is 4.35. The average Bonchev–Trinajstić information content (AvgIpc) is 2.66. The van der Waals surface area contributed by atoms with Gasteiger partial charge in [-0.1, -0.05) is 43.5 Å². The van der Waals surface area contributed by atoms with E-state index in [0.29, 0.717) is 18.2 Å². The average molecular weight is 500 g/mol. The second kappa shape index (κ2) is 12.0. The summed E-state index contributed by atoms with van der Waals surface area (Å²) in [5, 5.41) is 7.12. The highest BCUT2D eigenvalue weighted by atomic mass is 127. The van der Waals surface area contributed by atoms with Crippen LogP contribution in [0.4, 0.5) is 0 Å². The number of nitrogens with zero attached hydrogens (tertiary/aromatic N) is 2. The van der Waals surface area contributed by atoms with Crippen molar-refractivity contribution in [3.63, 3.8) is 0 Å². The molecule has 5 nitrogen and oxygen atoms in total. The standard InChI is InChI=1S/C22H36N4O.HI/c1-17-14-26(15-18(2)27-17)16-20-10-8-7-9-19(20)13-24-22(23-3)25-21-11-5-4-6-12-21;/h7-10,17-18,21H,4-6,11-16H2,1-3H3,(H2,23,24,25);1H. The number of rotatable bonds is 5. The maximum Gasteiger partial charge on any atom is 0.191 e. The van der Waals surface area contributed by atoms with Gasteiger partial charge in [0.15, 0.2) is 5.96 Å². The van der Waals surface area contributed by atoms with Crippen molar-refractivity contribution in [1.82, 2.24) is 15.5 Å². The Hall–Kier alpha value is -0.860. The Morgan fingerprint density at radius 2 is 1.71 bits per heavy atom. The van der Waals surface area contributed by atoms with Gasteiger partial charge < -0.3 is 15.4 Å². The molecule has 2 aliphatic rings. The third kappa shape index (κ3) is 7.19. The Kier molecular flexibility index (Phi) is 10.0. The van der Waals surface area contributed by atoms with Gasteiger partial charge in [-0.05, 0) is 37.8 Å². The molecule has 0 bridgehead atoms. The SMILES string of the molecule is CN=C(NCc1ccccc1CN1CC(C)OC(C)C1)NC1CCCCC1.I. The number of hydrogen-bond acceptors (Lipinski definition) is 3. The van der Waals surface area contributed by atoms with Crippen molar-refractivity contribution in [2.45, 2.75) is 77.3 Å². The summed E-state index contributed by atoms with van der Waals surface area (Å²) in [7, 11) is 1.86. The number of benzene rings is 1. The summed E-state index contributed by atoms with van der Waals surface area (Å²) in [5.41, 5.74) is 2.73. The van der Waals surface area contributed by atoms with Crippen molar-refractivity contribution in [3.8, 4) is 0 Å². The zero-order valence-electron chi connectivity index (χ0n) is 17.6. The molecule has 2 unspecified atom stereocenters. The van der Waals surface area contributed by atoms with E-state index in [4.69, 9.17) is 4.74 Å². The first-order chi connectivity index (χ1) is 13.1. The lowest BCUT2D eigenvalue weighted by Gasteiger charge is -2.35. The van der Waals surface area contributed by atoms with E-state index >= 15 is 0 Å². The molecule has 1 heterocycles. The Morgan fingerprint density at radius 1 is 1.07 bits per heavy atom. The van der Waals surface area contributed by atoms with Crippen LogP contribution in [-0.2, 0) is 17.8 Å². The lowest BCUT2D eigenvalue weighted by molar-refractivity contribution is -0.0705. The fraction of sp³-hybridized carbons (Fsp3) is 0.682. The molecule has 6 heteroatoms. The number of hydrogen-bond donors (Lipinski definition) is 2. The van der Waals surface area contributed by atoms with Crippen LogP contribution in [-0.4, -0.2) is 49.2 Å². The Bertz CT molecular complexity index is 608. The van der Waals surface area contributed by atoms with Crippen molar-refractivity contribution in [2.24, 2.45) is 4.99 Å². The summed E-state index contributed by atoms with van der Waals surface area (Å²) in [6.07, 6.45) is 7.14. The van der Waals surface area contributed by atoms with Crippen LogP contribution < -0.4 is 10.6 Å². The molecule has 158 valence electrons. The van der Waals surface area contributed by atoms with Crippen LogP contribution in [0.3, 0.4) is 0 Å². The number of halogens is 1. The van der Waals surface area contributed by atoms with Crippen LogP contribution in [0.25, 0.3) is 0 Å². The van der Waals surface area contributed by atoms with E-state index in [9.17, 15) is 0 Å². The first-order valence-corrected chi connectivity index (χ1v) is 10.6. The van der Waals surface area contributed by atoms with Gasteiger partial charge in [0, 0.05) is 39.3 Å². The number of morpholine rings is 1. The van der Waals surface area contributed by atoms with Crippen LogP contribution in [0.1, 0.15) is 57.1 Å². The molecular formula is C22H37IN4O. The topological polar surface area (TPSA) is 48.9 Å². The Balaban J connectivity index is 0.00000280. The molecular weight excluding hydrogens is 463 g/mol. The van der Waals surface area contributed by atoms with E-state index in [-0.39, 0.29) is 24.0 Å². The molecule has 2 N–H and O–H groups in total. The van der Waals surface area contributed by atoms with Crippen molar-refractivity contribution >= 4 is 29.9 Å². The maximum absolute atomic E-state index is 5.87. The second-order valence-corrected chi connectivity index (χ2v) is 8.13. The molecule has 0 spiro atoms. The van der Waals surface area contributed by atoms with Gasteiger partial charge in [0.05, 0.1) is 12.2 Å². The summed E-state index contributed by atoms with van der Waals surface area (Å²) < 4.78 is 5.87. The smallest absolute Gasteiger partial charge is 0.191 e. The number of nitrogens with one attached hydrogen (secondary N) is 2. The van der Waals surface area contributed by atoms with E-state index in [1.807, 2.05) is 7.05 Å². The molecule has 1 aromatic rings. The van der Waals surface area contributed by atoms with E-state index in [1.54, 1.807) is 0 Å². The highest BCUT2D eigenvalue weighted by molar-refractivity contribution is 14.0. The third-order valence-electron chi connectivity index (χ3n) is 5.62. The minimum atomic E-state index is 0.